The van der Waals surface area contributed by atoms with Crippen molar-refractivity contribution in [3.8, 4) is 29.0 Å². The summed E-state index contributed by atoms with van der Waals surface area (Å²) in [5, 5.41) is 3.89. The average molecular weight is 426 g/mol. The lowest BCUT2D eigenvalue weighted by Gasteiger charge is -2.17. The fraction of sp³-hybridized carbons (Fsp3) is 0.158. The van der Waals surface area contributed by atoms with Crippen LogP contribution >= 0.6 is 0 Å². The van der Waals surface area contributed by atoms with Gasteiger partial charge in [0.05, 0.1) is 5.56 Å². The molecular formula is C19H16F2N8O2. The maximum atomic E-state index is 12.2. The summed E-state index contributed by atoms with van der Waals surface area (Å²) in [6, 6.07) is 12.5. The lowest BCUT2D eigenvalue weighted by Crippen LogP contribution is -2.15. The van der Waals surface area contributed by atoms with Crippen LogP contribution in [0.15, 0.2) is 53.2 Å². The highest BCUT2D eigenvalue weighted by molar-refractivity contribution is 5.60. The van der Waals surface area contributed by atoms with Gasteiger partial charge in [-0.05, 0) is 18.2 Å². The molecule has 0 amide bonds. The fourth-order valence-electron chi connectivity index (χ4n) is 2.57. The van der Waals surface area contributed by atoms with E-state index in [-0.39, 0.29) is 29.4 Å². The van der Waals surface area contributed by atoms with Crippen molar-refractivity contribution in [2.45, 2.75) is 6.43 Å². The molecule has 4 rings (SSSR count). The van der Waals surface area contributed by atoms with Gasteiger partial charge in [-0.3, -0.25) is 0 Å². The molecule has 0 aliphatic carbocycles. The average Bonchev–Trinajstić information content (AvgIpc) is 3.28. The molecule has 0 spiro atoms. The minimum absolute atomic E-state index is 0.00340. The SMILES string of the molecule is CN(c1ccccc1)c1nc(N)nc(-c2noc(-c3ccc(OCC(F)F)nc3)n2)n1. The number of ether oxygens (including phenoxy) is 1. The molecule has 12 heteroatoms. The smallest absolute Gasteiger partial charge is 0.272 e. The number of nitrogen functional groups attached to an aromatic ring is 1. The summed E-state index contributed by atoms with van der Waals surface area (Å²) in [4.78, 5) is 22.6. The highest BCUT2D eigenvalue weighted by Crippen LogP contribution is 2.24. The van der Waals surface area contributed by atoms with Gasteiger partial charge >= 0.3 is 0 Å². The van der Waals surface area contributed by atoms with Crippen LogP contribution < -0.4 is 15.4 Å². The molecule has 0 aliphatic heterocycles. The molecule has 10 nitrogen and oxygen atoms in total. The van der Waals surface area contributed by atoms with Gasteiger partial charge in [0.1, 0.15) is 0 Å². The Labute approximate surface area is 174 Å². The highest BCUT2D eigenvalue weighted by Gasteiger charge is 2.17. The van der Waals surface area contributed by atoms with E-state index in [2.05, 4.69) is 30.1 Å². The second-order valence-corrected chi connectivity index (χ2v) is 6.22. The molecule has 0 radical (unpaired) electrons. The van der Waals surface area contributed by atoms with Crippen LogP contribution in [0.4, 0.5) is 26.4 Å². The summed E-state index contributed by atoms with van der Waals surface area (Å²) in [6.07, 6.45) is -1.22. The molecule has 1 aromatic carbocycles. The van der Waals surface area contributed by atoms with Crippen molar-refractivity contribution >= 4 is 17.6 Å². The summed E-state index contributed by atoms with van der Waals surface area (Å²) < 4.78 is 34.5. The Morgan fingerprint density at radius 2 is 1.84 bits per heavy atom. The Morgan fingerprint density at radius 3 is 2.55 bits per heavy atom. The van der Waals surface area contributed by atoms with E-state index < -0.39 is 13.0 Å². The van der Waals surface area contributed by atoms with Gasteiger partial charge in [-0.2, -0.15) is 19.9 Å². The monoisotopic (exact) mass is 426 g/mol. The van der Waals surface area contributed by atoms with Crippen LogP contribution in [0.5, 0.6) is 5.88 Å². The van der Waals surface area contributed by atoms with Gasteiger partial charge in [0.15, 0.2) is 6.61 Å². The van der Waals surface area contributed by atoms with Crippen LogP contribution in [0.3, 0.4) is 0 Å². The molecular weight excluding hydrogens is 410 g/mol. The van der Waals surface area contributed by atoms with Crippen LogP contribution in [-0.2, 0) is 0 Å². The van der Waals surface area contributed by atoms with Gasteiger partial charge in [-0.15, -0.1) is 0 Å². The van der Waals surface area contributed by atoms with Crippen LogP contribution in [-0.4, -0.2) is 50.2 Å². The van der Waals surface area contributed by atoms with Gasteiger partial charge in [-0.1, -0.05) is 23.4 Å². The van der Waals surface area contributed by atoms with Gasteiger partial charge in [0, 0.05) is 25.0 Å². The molecule has 0 fully saturated rings. The quantitative estimate of drug-likeness (QED) is 0.471. The lowest BCUT2D eigenvalue weighted by molar-refractivity contribution is 0.0796. The number of rotatable bonds is 7. The summed E-state index contributed by atoms with van der Waals surface area (Å²) >= 11 is 0. The van der Waals surface area contributed by atoms with E-state index in [0.717, 1.165) is 5.69 Å². The number of anilines is 3. The molecule has 0 saturated heterocycles. The van der Waals surface area contributed by atoms with Gasteiger partial charge in [0.2, 0.25) is 29.4 Å². The normalized spacial score (nSPS) is 11.0. The molecule has 3 heterocycles. The first-order valence-electron chi connectivity index (χ1n) is 9.01. The second-order valence-electron chi connectivity index (χ2n) is 6.22. The third-order valence-electron chi connectivity index (χ3n) is 4.05. The Morgan fingerprint density at radius 1 is 1.03 bits per heavy atom. The Hall–Kier alpha value is -4.22. The van der Waals surface area contributed by atoms with Crippen LogP contribution in [0.1, 0.15) is 0 Å². The highest BCUT2D eigenvalue weighted by atomic mass is 19.3. The summed E-state index contributed by atoms with van der Waals surface area (Å²) in [6.45, 7) is -0.738. The van der Waals surface area contributed by atoms with E-state index in [9.17, 15) is 8.78 Å². The van der Waals surface area contributed by atoms with Crippen molar-refractivity contribution in [2.75, 3.05) is 24.3 Å². The Bertz CT molecular complexity index is 1160. The van der Waals surface area contributed by atoms with Crippen molar-refractivity contribution < 1.29 is 18.0 Å². The zero-order valence-electron chi connectivity index (χ0n) is 16.2. The predicted octanol–water partition coefficient (Wildman–Crippen LogP) is 2.98. The third-order valence-corrected chi connectivity index (χ3v) is 4.05. The van der Waals surface area contributed by atoms with Crippen molar-refractivity contribution in [1.82, 2.24) is 30.1 Å². The summed E-state index contributed by atoms with van der Waals surface area (Å²) in [5.74, 6) is 0.732. The van der Waals surface area contributed by atoms with Gasteiger partial charge in [-0.25, -0.2) is 13.8 Å². The Balaban J connectivity index is 1.57. The van der Waals surface area contributed by atoms with Crippen LogP contribution in [0, 0.1) is 0 Å². The second kappa shape index (κ2) is 8.65. The maximum Gasteiger partial charge on any atom is 0.272 e. The van der Waals surface area contributed by atoms with Crippen molar-refractivity contribution in [2.24, 2.45) is 0 Å². The third kappa shape index (κ3) is 4.69. The first-order valence-corrected chi connectivity index (χ1v) is 9.01. The first kappa shape index (κ1) is 20.1. The minimum atomic E-state index is -2.58. The number of halogens is 2. The van der Waals surface area contributed by atoms with E-state index in [1.807, 2.05) is 30.3 Å². The Kier molecular flexibility index (Phi) is 5.60. The molecule has 0 aliphatic rings. The van der Waals surface area contributed by atoms with E-state index in [0.29, 0.717) is 11.5 Å². The molecule has 4 aromatic rings. The van der Waals surface area contributed by atoms with Crippen molar-refractivity contribution in [1.29, 1.82) is 0 Å². The van der Waals surface area contributed by atoms with Gasteiger partial charge in [0.25, 0.3) is 12.3 Å². The molecule has 0 unspecified atom stereocenters. The maximum absolute atomic E-state index is 12.2. The standard InChI is InChI=1S/C19H16F2N8O2/c1-29(12-5-3-2-4-6-12)19-26-15(25-18(22)27-19)16-24-17(31-28-16)11-7-8-14(23-9-11)30-10-13(20)21/h2-9,13H,10H2,1H3,(H2,22,25,26,27). The number of hydrogen-bond acceptors (Lipinski definition) is 10. The molecule has 0 atom stereocenters. The topological polar surface area (TPSA) is 129 Å². The van der Waals surface area contributed by atoms with E-state index in [1.165, 1.54) is 12.3 Å². The van der Waals surface area contributed by atoms with Crippen molar-refractivity contribution in [3.05, 3.63) is 48.7 Å². The predicted molar refractivity (Wildman–Crippen MR) is 107 cm³/mol. The molecule has 0 saturated carbocycles. The number of nitrogens with zero attached hydrogens (tertiary/aromatic N) is 7. The number of hydrogen-bond donors (Lipinski definition) is 1. The summed E-state index contributed by atoms with van der Waals surface area (Å²) in [7, 11) is 1.79. The molecule has 0 bridgehead atoms. The number of para-hydroxylation sites is 1. The summed E-state index contributed by atoms with van der Waals surface area (Å²) in [5.41, 5.74) is 7.16. The molecule has 2 N–H and O–H groups in total. The van der Waals surface area contributed by atoms with Gasteiger partial charge < -0.3 is 19.9 Å². The number of pyridine rings is 1. The number of nitrogens with two attached hydrogens (primary N) is 1. The first-order chi connectivity index (χ1) is 15.0. The van der Waals surface area contributed by atoms with Crippen LogP contribution in [0.2, 0.25) is 0 Å². The molecule has 3 aromatic heterocycles. The lowest BCUT2D eigenvalue weighted by atomic mass is 10.3. The van der Waals surface area contributed by atoms with E-state index >= 15 is 0 Å². The largest absolute Gasteiger partial charge is 0.472 e. The fourth-order valence-corrected chi connectivity index (χ4v) is 2.57. The molecule has 31 heavy (non-hydrogen) atoms. The van der Waals surface area contributed by atoms with Crippen LogP contribution in [0.25, 0.3) is 23.1 Å². The zero-order valence-corrected chi connectivity index (χ0v) is 16.2. The zero-order chi connectivity index (χ0) is 21.8. The minimum Gasteiger partial charge on any atom is -0.472 e. The molecule has 158 valence electrons. The van der Waals surface area contributed by atoms with Crippen molar-refractivity contribution in [3.63, 3.8) is 0 Å². The van der Waals surface area contributed by atoms with E-state index in [1.54, 1.807) is 18.0 Å². The number of alkyl halides is 2. The number of benzene rings is 1. The van der Waals surface area contributed by atoms with E-state index in [4.69, 9.17) is 15.0 Å². The number of aromatic nitrogens is 6.